The molecule has 0 spiro atoms. The summed E-state index contributed by atoms with van der Waals surface area (Å²) < 4.78 is 0. The Morgan fingerprint density at radius 1 is 1.21 bits per heavy atom. The van der Waals surface area contributed by atoms with Crippen LogP contribution in [0.15, 0.2) is 48.0 Å². The van der Waals surface area contributed by atoms with Gasteiger partial charge in [0.05, 0.1) is 22.2 Å². The first-order chi connectivity index (χ1) is 18.7. The van der Waals surface area contributed by atoms with E-state index in [1.807, 2.05) is 39.0 Å². The molecule has 0 bridgehead atoms. The molecule has 3 atom stereocenters. The maximum atomic E-state index is 13.8. The number of hydrogen-bond donors (Lipinski definition) is 3. The standard InChI is InChI=1S/C29H32N4O5S/c1-16(2)25(33-13-20-6-4-5-7-22(20)28(33)37)29(38)32-14-21(34)11-23(32)27(36)30-12-19-9-8-18(10-24(19)35)26-17(3)31-15-39-26/h4-10,15-16,21,23,25,34-35H,11-14H2,1-3H3,(H,30,36)/t21-,23+,25+/m0/s1. The van der Waals surface area contributed by atoms with Gasteiger partial charge in [0, 0.05) is 37.2 Å². The first-order valence-electron chi connectivity index (χ1n) is 13.0. The minimum atomic E-state index is -0.880. The van der Waals surface area contributed by atoms with Gasteiger partial charge in [-0.3, -0.25) is 14.4 Å². The van der Waals surface area contributed by atoms with E-state index < -0.39 is 24.1 Å². The Bertz CT molecular complexity index is 1420. The molecule has 204 valence electrons. The van der Waals surface area contributed by atoms with Crippen LogP contribution in [0.4, 0.5) is 0 Å². The molecule has 2 aliphatic heterocycles. The Hall–Kier alpha value is -3.76. The number of β-amino-alcohol motifs (C(OH)–C–C–N with tert-alkyl or cyclic N) is 1. The van der Waals surface area contributed by atoms with Gasteiger partial charge in [-0.2, -0.15) is 0 Å². The number of likely N-dealkylation sites (tertiary alicyclic amines) is 1. The fourth-order valence-electron chi connectivity index (χ4n) is 5.49. The highest BCUT2D eigenvalue weighted by Gasteiger charge is 2.45. The molecule has 5 rings (SSSR count). The fourth-order valence-corrected chi connectivity index (χ4v) is 6.29. The summed E-state index contributed by atoms with van der Waals surface area (Å²) in [4.78, 5) is 48.4. The summed E-state index contributed by atoms with van der Waals surface area (Å²) in [6, 6.07) is 10.9. The van der Waals surface area contributed by atoms with Gasteiger partial charge >= 0.3 is 0 Å². The zero-order valence-electron chi connectivity index (χ0n) is 22.1. The van der Waals surface area contributed by atoms with E-state index in [2.05, 4.69) is 10.3 Å². The van der Waals surface area contributed by atoms with Crippen LogP contribution in [-0.2, 0) is 22.7 Å². The van der Waals surface area contributed by atoms with E-state index in [0.29, 0.717) is 17.7 Å². The van der Waals surface area contributed by atoms with E-state index in [0.717, 1.165) is 21.7 Å². The second-order valence-corrected chi connectivity index (χ2v) is 11.4. The van der Waals surface area contributed by atoms with Crippen molar-refractivity contribution in [3.63, 3.8) is 0 Å². The second kappa shape index (κ2) is 10.8. The van der Waals surface area contributed by atoms with Gasteiger partial charge < -0.3 is 25.3 Å². The van der Waals surface area contributed by atoms with Crippen molar-refractivity contribution in [3.8, 4) is 16.2 Å². The van der Waals surface area contributed by atoms with Crippen LogP contribution in [0, 0.1) is 12.8 Å². The van der Waals surface area contributed by atoms with Gasteiger partial charge in [0.25, 0.3) is 5.91 Å². The molecule has 3 N–H and O–H groups in total. The van der Waals surface area contributed by atoms with Crippen LogP contribution < -0.4 is 5.32 Å². The number of aromatic nitrogens is 1. The molecule has 0 saturated carbocycles. The number of carbonyl (C=O) groups excluding carboxylic acids is 3. The van der Waals surface area contributed by atoms with E-state index in [1.54, 1.807) is 34.7 Å². The maximum absolute atomic E-state index is 13.8. The molecule has 2 aromatic carbocycles. The van der Waals surface area contributed by atoms with E-state index >= 15 is 0 Å². The molecule has 2 aliphatic rings. The van der Waals surface area contributed by atoms with Crippen molar-refractivity contribution in [2.24, 2.45) is 5.92 Å². The van der Waals surface area contributed by atoms with Crippen molar-refractivity contribution in [3.05, 3.63) is 70.4 Å². The SMILES string of the molecule is Cc1ncsc1-c1ccc(CNC(=O)[C@H]2C[C@H](O)CN2C(=O)[C@@H](C(C)C)N2Cc3ccccc3C2=O)c(O)c1. The van der Waals surface area contributed by atoms with Crippen LogP contribution in [0.3, 0.4) is 0 Å². The Kier molecular flexibility index (Phi) is 7.42. The van der Waals surface area contributed by atoms with Crippen molar-refractivity contribution in [2.75, 3.05) is 6.54 Å². The number of phenolic OH excluding ortho intramolecular Hbond substituents is 1. The highest BCUT2D eigenvalue weighted by atomic mass is 32.1. The largest absolute Gasteiger partial charge is 0.508 e. The van der Waals surface area contributed by atoms with Crippen LogP contribution in [-0.4, -0.2) is 67.5 Å². The van der Waals surface area contributed by atoms with E-state index in [1.165, 1.54) is 16.2 Å². The molecule has 3 aromatic rings. The number of aliphatic hydroxyl groups excluding tert-OH is 1. The Morgan fingerprint density at radius 2 is 1.97 bits per heavy atom. The van der Waals surface area contributed by atoms with Gasteiger partial charge in [-0.25, -0.2) is 4.98 Å². The minimum absolute atomic E-state index is 0.0171. The highest BCUT2D eigenvalue weighted by Crippen LogP contribution is 2.32. The number of benzene rings is 2. The molecule has 1 aromatic heterocycles. The first kappa shape index (κ1) is 26.8. The lowest BCUT2D eigenvalue weighted by molar-refractivity contribution is -0.143. The van der Waals surface area contributed by atoms with Crippen molar-refractivity contribution in [1.82, 2.24) is 20.1 Å². The van der Waals surface area contributed by atoms with Gasteiger partial charge in [-0.15, -0.1) is 11.3 Å². The van der Waals surface area contributed by atoms with Gasteiger partial charge in [0.15, 0.2) is 0 Å². The normalized spacial score (nSPS) is 19.5. The van der Waals surface area contributed by atoms with E-state index in [4.69, 9.17) is 0 Å². The number of nitrogens with zero attached hydrogens (tertiary/aromatic N) is 3. The third kappa shape index (κ3) is 5.14. The fraction of sp³-hybridized carbons (Fsp3) is 0.379. The predicted molar refractivity (Wildman–Crippen MR) is 147 cm³/mol. The lowest BCUT2D eigenvalue weighted by atomic mass is 10.0. The van der Waals surface area contributed by atoms with Crippen molar-refractivity contribution >= 4 is 29.1 Å². The summed E-state index contributed by atoms with van der Waals surface area (Å²) in [6.45, 7) is 6.06. The molecule has 3 amide bonds. The maximum Gasteiger partial charge on any atom is 0.255 e. The summed E-state index contributed by atoms with van der Waals surface area (Å²) in [6.07, 6.45) is -0.745. The quantitative estimate of drug-likeness (QED) is 0.417. The zero-order chi connectivity index (χ0) is 27.8. The third-order valence-electron chi connectivity index (χ3n) is 7.48. The number of fused-ring (bicyclic) bond motifs is 1. The number of aryl methyl sites for hydroxylation is 1. The smallest absolute Gasteiger partial charge is 0.255 e. The molecule has 3 heterocycles. The summed E-state index contributed by atoms with van der Waals surface area (Å²) in [5.74, 6) is -1.12. The topological polar surface area (TPSA) is 123 Å². The molecule has 9 nitrogen and oxygen atoms in total. The summed E-state index contributed by atoms with van der Waals surface area (Å²) >= 11 is 1.49. The lowest BCUT2D eigenvalue weighted by Crippen LogP contribution is -2.55. The van der Waals surface area contributed by atoms with Gasteiger partial charge in [0.2, 0.25) is 11.8 Å². The average Bonchev–Trinajstić information content (AvgIpc) is 3.60. The summed E-state index contributed by atoms with van der Waals surface area (Å²) in [5, 5.41) is 23.8. The molecule has 0 aliphatic carbocycles. The zero-order valence-corrected chi connectivity index (χ0v) is 22.9. The molecule has 1 saturated heterocycles. The molecule has 1 fully saturated rings. The first-order valence-corrected chi connectivity index (χ1v) is 13.9. The van der Waals surface area contributed by atoms with Crippen LogP contribution in [0.1, 0.15) is 47.4 Å². The number of phenols is 1. The Labute approximate surface area is 231 Å². The summed E-state index contributed by atoms with van der Waals surface area (Å²) in [7, 11) is 0. The van der Waals surface area contributed by atoms with Crippen LogP contribution >= 0.6 is 11.3 Å². The number of rotatable bonds is 7. The third-order valence-corrected chi connectivity index (χ3v) is 8.46. The monoisotopic (exact) mass is 548 g/mol. The molecule has 10 heteroatoms. The van der Waals surface area contributed by atoms with Crippen LogP contribution in [0.2, 0.25) is 0 Å². The minimum Gasteiger partial charge on any atom is -0.508 e. The van der Waals surface area contributed by atoms with Gasteiger partial charge in [0.1, 0.15) is 17.8 Å². The van der Waals surface area contributed by atoms with Crippen LogP contribution in [0.5, 0.6) is 5.75 Å². The number of nitrogens with one attached hydrogen (secondary N) is 1. The molecule has 0 unspecified atom stereocenters. The second-order valence-electron chi connectivity index (χ2n) is 10.5. The summed E-state index contributed by atoms with van der Waals surface area (Å²) in [5.41, 5.74) is 5.46. The number of amides is 3. The number of carbonyl (C=O) groups is 3. The number of aromatic hydroxyl groups is 1. The van der Waals surface area contributed by atoms with Gasteiger partial charge in [-0.05, 0) is 36.1 Å². The van der Waals surface area contributed by atoms with E-state index in [9.17, 15) is 24.6 Å². The highest BCUT2D eigenvalue weighted by molar-refractivity contribution is 7.13. The number of hydrogen-bond acceptors (Lipinski definition) is 7. The molecular weight excluding hydrogens is 516 g/mol. The van der Waals surface area contributed by atoms with Crippen LogP contribution in [0.25, 0.3) is 10.4 Å². The number of thiazole rings is 1. The number of aliphatic hydroxyl groups is 1. The van der Waals surface area contributed by atoms with Crippen molar-refractivity contribution in [2.45, 2.75) is 58.5 Å². The van der Waals surface area contributed by atoms with Crippen molar-refractivity contribution < 1.29 is 24.6 Å². The van der Waals surface area contributed by atoms with E-state index in [-0.39, 0.29) is 43.0 Å². The van der Waals surface area contributed by atoms with Gasteiger partial charge in [-0.1, -0.05) is 44.2 Å². The van der Waals surface area contributed by atoms with Crippen molar-refractivity contribution in [1.29, 1.82) is 0 Å². The Morgan fingerprint density at radius 3 is 2.64 bits per heavy atom. The average molecular weight is 549 g/mol. The molecular formula is C29H32N4O5S. The predicted octanol–water partition coefficient (Wildman–Crippen LogP) is 3.08. The lowest BCUT2D eigenvalue weighted by Gasteiger charge is -2.35. The molecule has 39 heavy (non-hydrogen) atoms. The Balaban J connectivity index is 1.29. The molecule has 0 radical (unpaired) electrons.